The normalized spacial score (nSPS) is 17.6. The Labute approximate surface area is 616 Å². The fourth-order valence-electron chi connectivity index (χ4n) is 10.1. The molecule has 2 heterocycles. The van der Waals surface area contributed by atoms with Crippen molar-refractivity contribution in [2.24, 2.45) is 5.73 Å². The van der Waals surface area contributed by atoms with Crippen LogP contribution in [-0.4, -0.2) is 265 Å². The zero-order chi connectivity index (χ0) is 76.1. The third-order valence-corrected chi connectivity index (χ3v) is 19.1. The van der Waals surface area contributed by atoms with Gasteiger partial charge < -0.3 is 99.2 Å². The molecule has 4 unspecified atom stereocenters. The van der Waals surface area contributed by atoms with Gasteiger partial charge in [-0.05, 0) is 88.1 Å². The lowest BCUT2D eigenvalue weighted by Gasteiger charge is -2.30. The Morgan fingerprint density at radius 1 is 0.627 bits per heavy atom. The molecule has 0 saturated carbocycles. The second-order valence-corrected chi connectivity index (χ2v) is 27.6. The predicted octanol–water partition coefficient (Wildman–Crippen LogP) is -5.95. The minimum Gasteiger partial charge on any atom is -0.508 e. The molecule has 2 saturated heterocycles. The predicted molar refractivity (Wildman–Crippen MR) is 384 cm³/mol. The summed E-state index contributed by atoms with van der Waals surface area (Å²) < 4.78 is 0. The van der Waals surface area contributed by atoms with Crippen molar-refractivity contribution in [1.29, 1.82) is 0 Å². The quantitative estimate of drug-likeness (QED) is 0.0167. The molecule has 2 aliphatic heterocycles. The average molecular weight is 1540 g/mol. The number of hydrogen-bond donors (Lipinski definition) is 21. The number of hydrogen-bond acceptors (Lipinski definition) is 26. The third kappa shape index (κ3) is 27.2. The number of rotatable bonds is 42. The van der Waals surface area contributed by atoms with Gasteiger partial charge in [0.05, 0.1) is 37.8 Å². The number of aliphatic hydroxyl groups excluding tert-OH is 1. The zero-order valence-electron chi connectivity index (χ0n) is 55.8. The summed E-state index contributed by atoms with van der Waals surface area (Å²) in [5.74, 6) is -15.8. The highest BCUT2D eigenvalue weighted by Gasteiger charge is 2.42. The fourth-order valence-corrected chi connectivity index (χ4v) is 12.5. The topological polar surface area (TPSA) is 531 Å². The van der Waals surface area contributed by atoms with Gasteiger partial charge in [-0.2, -0.15) is 50.5 Å². The van der Waals surface area contributed by atoms with Gasteiger partial charge in [-0.3, -0.25) is 77.2 Å². The van der Waals surface area contributed by atoms with Gasteiger partial charge in [-0.25, -0.2) is 0 Å². The number of thiol groups is 4. The largest absolute Gasteiger partial charge is 0.508 e. The van der Waals surface area contributed by atoms with Crippen LogP contribution in [0.2, 0.25) is 0 Å². The molecule has 35 nitrogen and oxygen atoms in total. The number of carbonyl (C=O) groups excluding carboxylic acids is 15. The highest BCUT2D eigenvalue weighted by atomic mass is 33.1. The summed E-state index contributed by atoms with van der Waals surface area (Å²) in [6.07, 6.45) is -1.23. The zero-order valence-corrected chi connectivity index (χ0v) is 61.0. The van der Waals surface area contributed by atoms with Gasteiger partial charge in [0.1, 0.15) is 84.2 Å². The van der Waals surface area contributed by atoms with E-state index in [4.69, 9.17) is 5.73 Å². The van der Waals surface area contributed by atoms with Gasteiger partial charge >= 0.3 is 5.97 Å². The molecule has 4 rings (SSSR count). The van der Waals surface area contributed by atoms with Crippen LogP contribution in [0.1, 0.15) is 64.0 Å². The van der Waals surface area contributed by atoms with E-state index in [1.165, 1.54) is 76.7 Å². The van der Waals surface area contributed by atoms with Gasteiger partial charge in [0.15, 0.2) is 0 Å². The summed E-state index contributed by atoms with van der Waals surface area (Å²) in [6, 6.07) is -6.83. The highest BCUT2D eigenvalue weighted by molar-refractivity contribution is 8.76. The van der Waals surface area contributed by atoms with Crippen molar-refractivity contribution in [3.8, 4) is 11.5 Å². The van der Waals surface area contributed by atoms with Gasteiger partial charge in [-0.1, -0.05) is 45.9 Å². The number of carboxylic acid groups (broad SMARTS) is 1. The van der Waals surface area contributed by atoms with E-state index in [1.54, 1.807) is 12.1 Å². The molecule has 2 aromatic rings. The van der Waals surface area contributed by atoms with E-state index in [0.717, 1.165) is 11.8 Å². The number of benzene rings is 2. The number of aromatic hydroxyl groups is 2. The Morgan fingerprint density at radius 3 is 1.63 bits per heavy atom. The Kier molecular flexibility index (Phi) is 36.4. The van der Waals surface area contributed by atoms with Gasteiger partial charge in [0, 0.05) is 48.2 Å². The van der Waals surface area contributed by atoms with Crippen LogP contribution < -0.4 is 69.5 Å². The van der Waals surface area contributed by atoms with Gasteiger partial charge in [0.2, 0.25) is 82.7 Å². The smallest absolute Gasteiger partial charge is 0.303 e. The second kappa shape index (κ2) is 43.0. The van der Waals surface area contributed by atoms with E-state index in [2.05, 4.69) is 114 Å². The molecule has 41 heteroatoms. The summed E-state index contributed by atoms with van der Waals surface area (Å²) in [5.41, 5.74) is 6.49. The molecule has 0 bridgehead atoms. The summed E-state index contributed by atoms with van der Waals surface area (Å²) in [5, 5.41) is 68.9. The number of phenols is 2. The van der Waals surface area contributed by atoms with Crippen molar-refractivity contribution in [2.45, 2.75) is 150 Å². The van der Waals surface area contributed by atoms with Crippen LogP contribution in [0, 0.1) is 0 Å². The monoisotopic (exact) mass is 1540 g/mol. The Balaban J connectivity index is 1.37. The number of nitrogens with one attached hydrogen (secondary N) is 12. The standard InChI is InChI=1S/C61H87N15O20S6/c1-29(50(85)71-43(26-100)57(92)74-49(31(3)78)59(94)63-21-47(82)67-40(23-97)54(89)66-34(22-77)18-32-7-11-35(79)12-8-32)65-58(93)45-6-5-17-75(45)60(95)39(20-46(62)81)70-55(90)41(24-98)73-56(91)42(25-99)72-53(88)38(19-33-9-13-36(80)14-10-33)69-52(87)37(15-16-48(83)84)68-51(86)30(2)76-28-64-44(61(76)96)27-102-101-4/h7-14,22,29-31,34,37-45,49,64,78-80,97-100H,5-6,15-21,23-28H2,1-4H3,(H2,62,81)(H,63,94)(H,65,93)(H,66,89)(H,67,82)(H,68,86)(H,69,87)(H,70,90)(H,71,85)(H,72,88)(H,73,91)(H,74,92)(H,83,84)/t29?,30?,31-,34+,37+,38+,39+,40?,41+,42+,43+,44?,45+,49+/m1/s1. The van der Waals surface area contributed by atoms with Crippen molar-refractivity contribution in [3.05, 3.63) is 59.7 Å². The first-order valence-electron chi connectivity index (χ1n) is 31.7. The summed E-state index contributed by atoms with van der Waals surface area (Å²) in [4.78, 5) is 215. The maximum atomic E-state index is 14.3. The number of aliphatic hydroxyl groups is 1. The number of primary amides is 1. The van der Waals surface area contributed by atoms with Crippen molar-refractivity contribution in [3.63, 3.8) is 0 Å². The summed E-state index contributed by atoms with van der Waals surface area (Å²) in [6.45, 7) is 2.92. The lowest BCUT2D eigenvalue weighted by Crippen LogP contribution is -2.61. The first-order chi connectivity index (χ1) is 48.3. The fraction of sp³-hybridized carbons (Fsp3) is 0.541. The maximum Gasteiger partial charge on any atom is 0.303 e. The number of phenolic OH excluding ortho intramolecular Hbond substituents is 2. The number of nitrogens with two attached hydrogens (primary N) is 1. The van der Waals surface area contributed by atoms with E-state index < -0.39 is 210 Å². The van der Waals surface area contributed by atoms with Crippen molar-refractivity contribution < 1.29 is 97.1 Å². The van der Waals surface area contributed by atoms with Gasteiger partial charge in [-0.15, -0.1) is 0 Å². The number of carboxylic acids is 1. The molecule has 2 fully saturated rings. The SMILES string of the molecule is CSSCC1NCN(C(C)C(=O)N[C@@H](CCC(=O)O)C(=O)N[C@@H](Cc2ccc(O)cc2)C(=O)N[C@@H](CS)C(=O)N[C@@H](CS)C(=O)N[C@@H](CC(N)=O)C(=O)N2CCC[C@H]2C(=O)NC(C)C(=O)N[C@@H](CS)C(=O)N[C@H](C(=O)NCC(=O)NC(CS)C(=O)N[C@H](C=O)Cc2ccc(O)cc2)[C@@H](C)O)C1=O. The molecule has 0 aliphatic carbocycles. The van der Waals surface area contributed by atoms with E-state index in [-0.39, 0.29) is 62.1 Å². The van der Waals surface area contributed by atoms with Crippen LogP contribution in [0.3, 0.4) is 0 Å². The number of likely N-dealkylation sites (tertiary alicyclic amines) is 1. The summed E-state index contributed by atoms with van der Waals surface area (Å²) >= 11 is 16.7. The molecule has 2 aliphatic rings. The van der Waals surface area contributed by atoms with Crippen molar-refractivity contribution in [2.75, 3.05) is 54.8 Å². The molecule has 0 aromatic heterocycles. The molecule has 0 radical (unpaired) electrons. The number of nitrogens with zero attached hydrogens (tertiary/aromatic N) is 2. The molecule has 102 heavy (non-hydrogen) atoms. The number of carbonyl (C=O) groups is 16. The van der Waals surface area contributed by atoms with E-state index in [9.17, 15) is 97.1 Å². The van der Waals surface area contributed by atoms with E-state index >= 15 is 0 Å². The van der Waals surface area contributed by atoms with E-state index in [0.29, 0.717) is 23.2 Å². The minimum absolute atomic E-state index is 0.00750. The molecule has 14 atom stereocenters. The molecule has 0 spiro atoms. The third-order valence-electron chi connectivity index (χ3n) is 15.8. The lowest BCUT2D eigenvalue weighted by atomic mass is 10.0. The van der Waals surface area contributed by atoms with Crippen LogP contribution in [0.5, 0.6) is 11.5 Å². The Morgan fingerprint density at radius 2 is 1.11 bits per heavy atom. The summed E-state index contributed by atoms with van der Waals surface area (Å²) in [7, 11) is 2.87. The van der Waals surface area contributed by atoms with Crippen LogP contribution in [0.4, 0.5) is 0 Å². The number of amides is 14. The molecule has 18 N–H and O–H groups in total. The highest BCUT2D eigenvalue weighted by Crippen LogP contribution is 2.23. The Hall–Kier alpha value is -8.22. The average Bonchev–Trinajstić information content (AvgIpc) is 1.64. The Bertz CT molecular complexity index is 3330. The molecule has 14 amide bonds. The van der Waals surface area contributed by atoms with Crippen LogP contribution in [-0.2, 0) is 89.6 Å². The molecule has 562 valence electrons. The van der Waals surface area contributed by atoms with Crippen LogP contribution in [0.15, 0.2) is 48.5 Å². The first-order valence-corrected chi connectivity index (χ1v) is 37.0. The maximum absolute atomic E-state index is 14.3. The molecular weight excluding hydrogens is 1460 g/mol. The second-order valence-electron chi connectivity index (χ2n) is 23.5. The number of aliphatic carboxylic acids is 1. The molecule has 2 aromatic carbocycles. The van der Waals surface area contributed by atoms with Crippen molar-refractivity contribution in [1.82, 2.24) is 73.6 Å². The van der Waals surface area contributed by atoms with Crippen LogP contribution >= 0.6 is 72.1 Å². The minimum atomic E-state index is -1.77. The number of aldehydes is 1. The van der Waals surface area contributed by atoms with Gasteiger partial charge in [0.25, 0.3) is 0 Å². The van der Waals surface area contributed by atoms with E-state index in [1.807, 2.05) is 6.26 Å². The van der Waals surface area contributed by atoms with Crippen LogP contribution in [0.25, 0.3) is 0 Å². The lowest BCUT2D eigenvalue weighted by molar-refractivity contribution is -0.143. The van der Waals surface area contributed by atoms with Crippen molar-refractivity contribution >= 4 is 167 Å². The first kappa shape index (κ1) is 86.2. The molecular formula is C61H87N15O20S6.